The van der Waals surface area contributed by atoms with E-state index in [0.717, 1.165) is 0 Å². The number of rotatable bonds is 3. The first-order valence-electron chi connectivity index (χ1n) is 6.37. The van der Waals surface area contributed by atoms with Gasteiger partial charge in [-0.15, -0.1) is 0 Å². The number of carbonyl (C=O) groups excluding carboxylic acids is 2. The van der Waals surface area contributed by atoms with Crippen LogP contribution in [0.5, 0.6) is 5.75 Å². The number of likely N-dealkylation sites (tertiary alicyclic amines) is 1. The first-order chi connectivity index (χ1) is 9.22. The van der Waals surface area contributed by atoms with Crippen LogP contribution in [0.1, 0.15) is 12.8 Å². The highest BCUT2D eigenvalue weighted by Gasteiger charge is 2.38. The Hall–Kier alpha value is -2.11. The lowest BCUT2D eigenvalue weighted by Crippen LogP contribution is -2.59. The maximum atomic E-state index is 12.0. The number of pyridine rings is 1. The van der Waals surface area contributed by atoms with Crippen molar-refractivity contribution < 1.29 is 14.3 Å². The molecule has 3 heterocycles. The highest BCUT2D eigenvalue weighted by Crippen LogP contribution is 2.19. The molecule has 3 rings (SSSR count). The molecule has 0 saturated carbocycles. The minimum absolute atomic E-state index is 0.00288. The Morgan fingerprint density at radius 1 is 1.47 bits per heavy atom. The summed E-state index contributed by atoms with van der Waals surface area (Å²) in [7, 11) is 0. The molecule has 6 nitrogen and oxygen atoms in total. The van der Waals surface area contributed by atoms with Crippen LogP contribution in [-0.2, 0) is 9.59 Å². The van der Waals surface area contributed by atoms with E-state index in [2.05, 4.69) is 10.3 Å². The summed E-state index contributed by atoms with van der Waals surface area (Å²) in [6, 6.07) is 3.31. The Bertz CT molecular complexity index is 485. The average molecular weight is 261 g/mol. The molecule has 2 aliphatic rings. The summed E-state index contributed by atoms with van der Waals surface area (Å²) in [5.41, 5.74) is 0. The largest absolute Gasteiger partial charge is 0.485 e. The SMILES string of the molecule is O=C1CC[C@H](C(=O)N2CC(Oc3cccnc3)C2)N1. The van der Waals surface area contributed by atoms with Crippen LogP contribution in [0.2, 0.25) is 0 Å². The Morgan fingerprint density at radius 2 is 2.32 bits per heavy atom. The number of hydrogen-bond acceptors (Lipinski definition) is 4. The minimum Gasteiger partial charge on any atom is -0.485 e. The van der Waals surface area contributed by atoms with E-state index < -0.39 is 0 Å². The van der Waals surface area contributed by atoms with Crippen molar-refractivity contribution in [2.24, 2.45) is 0 Å². The van der Waals surface area contributed by atoms with E-state index in [0.29, 0.717) is 31.7 Å². The number of aromatic nitrogens is 1. The number of amides is 2. The summed E-state index contributed by atoms with van der Waals surface area (Å²) < 4.78 is 5.67. The average Bonchev–Trinajstić information content (AvgIpc) is 2.80. The van der Waals surface area contributed by atoms with Crippen LogP contribution in [0.3, 0.4) is 0 Å². The van der Waals surface area contributed by atoms with Gasteiger partial charge in [0.15, 0.2) is 0 Å². The Kier molecular flexibility index (Phi) is 3.06. The minimum atomic E-state index is -0.341. The van der Waals surface area contributed by atoms with E-state index in [1.165, 1.54) is 0 Å². The molecule has 1 aromatic heterocycles. The fraction of sp³-hybridized carbons (Fsp3) is 0.462. The summed E-state index contributed by atoms with van der Waals surface area (Å²) in [6.07, 6.45) is 4.40. The normalized spacial score (nSPS) is 22.8. The zero-order chi connectivity index (χ0) is 13.2. The molecule has 0 radical (unpaired) electrons. The fourth-order valence-electron chi connectivity index (χ4n) is 2.32. The monoisotopic (exact) mass is 261 g/mol. The lowest BCUT2D eigenvalue weighted by atomic mass is 10.1. The van der Waals surface area contributed by atoms with Gasteiger partial charge in [0.05, 0.1) is 19.3 Å². The third-order valence-corrected chi connectivity index (χ3v) is 3.39. The first kappa shape index (κ1) is 12.0. The first-order valence-corrected chi connectivity index (χ1v) is 6.37. The second-order valence-corrected chi connectivity index (χ2v) is 4.83. The molecule has 2 amide bonds. The van der Waals surface area contributed by atoms with Gasteiger partial charge in [-0.3, -0.25) is 14.6 Å². The second kappa shape index (κ2) is 4.87. The number of nitrogens with zero attached hydrogens (tertiary/aromatic N) is 2. The van der Waals surface area contributed by atoms with Gasteiger partial charge < -0.3 is 15.0 Å². The molecule has 0 spiro atoms. The lowest BCUT2D eigenvalue weighted by molar-refractivity contribution is -0.142. The number of nitrogens with one attached hydrogen (secondary N) is 1. The third kappa shape index (κ3) is 2.52. The van der Waals surface area contributed by atoms with Gasteiger partial charge in [-0.05, 0) is 18.6 Å². The van der Waals surface area contributed by atoms with E-state index in [1.807, 2.05) is 12.1 Å². The summed E-state index contributed by atoms with van der Waals surface area (Å²) in [4.78, 5) is 28.8. The van der Waals surface area contributed by atoms with Gasteiger partial charge in [0.1, 0.15) is 17.9 Å². The summed E-state index contributed by atoms with van der Waals surface area (Å²) in [5, 5.41) is 2.69. The predicted octanol–water partition coefficient (Wildman–Crippen LogP) is -0.0502. The third-order valence-electron chi connectivity index (χ3n) is 3.39. The fourth-order valence-corrected chi connectivity index (χ4v) is 2.32. The van der Waals surface area contributed by atoms with Gasteiger partial charge in [-0.1, -0.05) is 0 Å². The van der Waals surface area contributed by atoms with Gasteiger partial charge >= 0.3 is 0 Å². The number of carbonyl (C=O) groups is 2. The molecule has 1 atom stereocenters. The molecule has 1 aromatic rings. The highest BCUT2D eigenvalue weighted by atomic mass is 16.5. The zero-order valence-corrected chi connectivity index (χ0v) is 10.4. The van der Waals surface area contributed by atoms with Crippen molar-refractivity contribution in [3.05, 3.63) is 24.5 Å². The molecule has 1 N–H and O–H groups in total. The molecular weight excluding hydrogens is 246 g/mol. The van der Waals surface area contributed by atoms with Gasteiger partial charge in [-0.25, -0.2) is 0 Å². The molecule has 0 aliphatic carbocycles. The van der Waals surface area contributed by atoms with Crippen molar-refractivity contribution in [2.45, 2.75) is 25.0 Å². The van der Waals surface area contributed by atoms with Crippen LogP contribution in [-0.4, -0.2) is 46.9 Å². The molecule has 2 fully saturated rings. The quantitative estimate of drug-likeness (QED) is 0.828. The van der Waals surface area contributed by atoms with E-state index >= 15 is 0 Å². The molecular formula is C13H15N3O3. The van der Waals surface area contributed by atoms with Crippen molar-refractivity contribution in [3.8, 4) is 5.75 Å². The molecule has 100 valence electrons. The maximum Gasteiger partial charge on any atom is 0.245 e. The van der Waals surface area contributed by atoms with E-state index in [1.54, 1.807) is 17.3 Å². The lowest BCUT2D eigenvalue weighted by Gasteiger charge is -2.40. The molecule has 2 aliphatic heterocycles. The highest BCUT2D eigenvalue weighted by molar-refractivity contribution is 5.91. The van der Waals surface area contributed by atoms with Crippen LogP contribution in [0.4, 0.5) is 0 Å². The summed E-state index contributed by atoms with van der Waals surface area (Å²) >= 11 is 0. The van der Waals surface area contributed by atoms with Crippen LogP contribution >= 0.6 is 0 Å². The van der Waals surface area contributed by atoms with Crippen molar-refractivity contribution in [1.82, 2.24) is 15.2 Å². The topological polar surface area (TPSA) is 71.5 Å². The molecule has 0 bridgehead atoms. The van der Waals surface area contributed by atoms with Crippen molar-refractivity contribution >= 4 is 11.8 Å². The van der Waals surface area contributed by atoms with Gasteiger partial charge in [0, 0.05) is 12.6 Å². The van der Waals surface area contributed by atoms with Crippen molar-refractivity contribution in [1.29, 1.82) is 0 Å². The molecule has 0 aromatic carbocycles. The van der Waals surface area contributed by atoms with Crippen LogP contribution in [0, 0.1) is 0 Å². The molecule has 2 saturated heterocycles. The number of ether oxygens (including phenoxy) is 1. The van der Waals surface area contributed by atoms with Crippen LogP contribution < -0.4 is 10.1 Å². The van der Waals surface area contributed by atoms with Crippen LogP contribution in [0.25, 0.3) is 0 Å². The zero-order valence-electron chi connectivity index (χ0n) is 10.4. The Morgan fingerprint density at radius 3 is 2.95 bits per heavy atom. The van der Waals surface area contributed by atoms with Crippen molar-refractivity contribution in [3.63, 3.8) is 0 Å². The Labute approximate surface area is 110 Å². The standard InChI is InChI=1S/C13H15N3O3/c17-12-4-3-11(15-12)13(18)16-7-10(8-16)19-9-2-1-5-14-6-9/h1-2,5-6,10-11H,3-4,7-8H2,(H,15,17)/t11-/m1/s1. The summed E-state index contributed by atoms with van der Waals surface area (Å²) in [5.74, 6) is 0.674. The molecule has 0 unspecified atom stereocenters. The molecule has 6 heteroatoms. The van der Waals surface area contributed by atoms with E-state index in [-0.39, 0.29) is 24.0 Å². The smallest absolute Gasteiger partial charge is 0.245 e. The van der Waals surface area contributed by atoms with Crippen molar-refractivity contribution in [2.75, 3.05) is 13.1 Å². The maximum absolute atomic E-state index is 12.0. The Balaban J connectivity index is 1.47. The van der Waals surface area contributed by atoms with E-state index in [9.17, 15) is 9.59 Å². The number of hydrogen-bond donors (Lipinski definition) is 1. The second-order valence-electron chi connectivity index (χ2n) is 4.83. The van der Waals surface area contributed by atoms with Crippen LogP contribution in [0.15, 0.2) is 24.5 Å². The van der Waals surface area contributed by atoms with Gasteiger partial charge in [0.2, 0.25) is 11.8 Å². The predicted molar refractivity (Wildman–Crippen MR) is 66.4 cm³/mol. The molecule has 19 heavy (non-hydrogen) atoms. The summed E-state index contributed by atoms with van der Waals surface area (Å²) in [6.45, 7) is 1.14. The van der Waals surface area contributed by atoms with E-state index in [4.69, 9.17) is 4.74 Å². The van der Waals surface area contributed by atoms with Gasteiger partial charge in [0.25, 0.3) is 0 Å². The van der Waals surface area contributed by atoms with Gasteiger partial charge in [-0.2, -0.15) is 0 Å².